The third-order valence-corrected chi connectivity index (χ3v) is 4.11. The average Bonchev–Trinajstić information content (AvgIpc) is 2.91. The van der Waals surface area contributed by atoms with E-state index < -0.39 is 18.1 Å². The number of likely N-dealkylation sites (tertiary alicyclic amines) is 1. The molecule has 2 atom stereocenters. The van der Waals surface area contributed by atoms with Gasteiger partial charge in [-0.2, -0.15) is 0 Å². The van der Waals surface area contributed by atoms with Crippen molar-refractivity contribution in [3.05, 3.63) is 28.2 Å². The summed E-state index contributed by atoms with van der Waals surface area (Å²) in [7, 11) is 0. The lowest BCUT2D eigenvalue weighted by atomic mass is 10.2. The molecule has 1 aromatic carbocycles. The molecule has 0 spiro atoms. The fraction of sp³-hybridized carbons (Fsp3) is 0.429. The smallest absolute Gasteiger partial charge is 0.326 e. The summed E-state index contributed by atoms with van der Waals surface area (Å²) in [4.78, 5) is 24.8. The second-order valence-corrected chi connectivity index (χ2v) is 5.68. The largest absolute Gasteiger partial charge is 0.481 e. The highest BCUT2D eigenvalue weighted by molar-refractivity contribution is 6.42. The number of aliphatic carboxylic acids is 1. The van der Waals surface area contributed by atoms with Crippen LogP contribution in [-0.4, -0.2) is 40.6 Å². The lowest BCUT2D eigenvalue weighted by Gasteiger charge is -2.25. The first-order chi connectivity index (χ1) is 9.90. The second kappa shape index (κ2) is 6.54. The Morgan fingerprint density at radius 2 is 2.10 bits per heavy atom. The third kappa shape index (κ3) is 3.60. The fourth-order valence-corrected chi connectivity index (χ4v) is 2.61. The molecule has 1 aromatic rings. The average molecular weight is 332 g/mol. The number of hydrogen-bond donors (Lipinski definition) is 1. The number of carboxylic acid groups (broad SMARTS) is 1. The van der Waals surface area contributed by atoms with Gasteiger partial charge in [0.25, 0.3) is 5.91 Å². The Kier molecular flexibility index (Phi) is 4.96. The van der Waals surface area contributed by atoms with E-state index in [1.165, 1.54) is 11.0 Å². The van der Waals surface area contributed by atoms with Crippen LogP contribution in [0.5, 0.6) is 5.75 Å². The SMILES string of the molecule is CC(Oc1ccc(Cl)c(Cl)c1)C(=O)N1CCC[C@H]1C(=O)O. The number of carbonyl (C=O) groups is 2. The molecule has 1 amide bonds. The van der Waals surface area contributed by atoms with E-state index in [1.807, 2.05) is 0 Å². The Morgan fingerprint density at radius 1 is 1.38 bits per heavy atom. The van der Waals surface area contributed by atoms with E-state index >= 15 is 0 Å². The molecule has 114 valence electrons. The molecule has 7 heteroatoms. The Labute approximate surface area is 132 Å². The highest BCUT2D eigenvalue weighted by atomic mass is 35.5. The summed E-state index contributed by atoms with van der Waals surface area (Å²) in [5.41, 5.74) is 0. The van der Waals surface area contributed by atoms with E-state index in [-0.39, 0.29) is 5.91 Å². The van der Waals surface area contributed by atoms with Gasteiger partial charge in [0.15, 0.2) is 6.10 Å². The third-order valence-electron chi connectivity index (χ3n) is 3.37. The zero-order valence-electron chi connectivity index (χ0n) is 11.4. The molecular formula is C14H15Cl2NO4. The predicted molar refractivity (Wildman–Crippen MR) is 78.9 cm³/mol. The van der Waals surface area contributed by atoms with Crippen molar-refractivity contribution < 1.29 is 19.4 Å². The summed E-state index contributed by atoms with van der Waals surface area (Å²) in [5, 5.41) is 9.83. The van der Waals surface area contributed by atoms with Crippen molar-refractivity contribution >= 4 is 35.1 Å². The number of carbonyl (C=O) groups excluding carboxylic acids is 1. The second-order valence-electron chi connectivity index (χ2n) is 4.86. The number of benzene rings is 1. The summed E-state index contributed by atoms with van der Waals surface area (Å²) in [6.45, 7) is 2.02. The van der Waals surface area contributed by atoms with Crippen LogP contribution in [0.15, 0.2) is 18.2 Å². The van der Waals surface area contributed by atoms with Crippen molar-refractivity contribution in [2.75, 3.05) is 6.54 Å². The fourth-order valence-electron chi connectivity index (χ4n) is 2.33. The van der Waals surface area contributed by atoms with Gasteiger partial charge in [0, 0.05) is 12.6 Å². The molecule has 1 aliphatic heterocycles. The quantitative estimate of drug-likeness (QED) is 0.921. The molecule has 1 heterocycles. The first-order valence-electron chi connectivity index (χ1n) is 6.55. The molecule has 1 saturated heterocycles. The first kappa shape index (κ1) is 15.9. The molecule has 0 aromatic heterocycles. The molecule has 0 bridgehead atoms. The summed E-state index contributed by atoms with van der Waals surface area (Å²) in [6, 6.07) is 3.94. The van der Waals surface area contributed by atoms with Gasteiger partial charge in [0.2, 0.25) is 0 Å². The minimum atomic E-state index is -0.984. The Bertz CT molecular complexity index is 564. The maximum Gasteiger partial charge on any atom is 0.326 e. The van der Waals surface area contributed by atoms with Crippen LogP contribution in [0.2, 0.25) is 10.0 Å². The van der Waals surface area contributed by atoms with Crippen LogP contribution in [0, 0.1) is 0 Å². The standard InChI is InChI=1S/C14H15Cl2NO4/c1-8(21-9-4-5-10(15)11(16)7-9)13(18)17-6-2-3-12(17)14(19)20/h4-5,7-8,12H,2-3,6H2,1H3,(H,19,20)/t8?,12-/m0/s1. The topological polar surface area (TPSA) is 66.8 Å². The normalized spacial score (nSPS) is 19.4. The van der Waals surface area contributed by atoms with E-state index in [0.29, 0.717) is 35.2 Å². The van der Waals surface area contributed by atoms with Gasteiger partial charge >= 0.3 is 5.97 Å². The van der Waals surface area contributed by atoms with E-state index in [0.717, 1.165) is 0 Å². The van der Waals surface area contributed by atoms with Crippen LogP contribution in [-0.2, 0) is 9.59 Å². The minimum Gasteiger partial charge on any atom is -0.481 e. The molecule has 1 unspecified atom stereocenters. The van der Waals surface area contributed by atoms with Crippen LogP contribution >= 0.6 is 23.2 Å². The van der Waals surface area contributed by atoms with E-state index in [9.17, 15) is 9.59 Å². The van der Waals surface area contributed by atoms with Gasteiger partial charge in [-0.3, -0.25) is 4.79 Å². The van der Waals surface area contributed by atoms with Crippen LogP contribution in [0.25, 0.3) is 0 Å². The van der Waals surface area contributed by atoms with Gasteiger partial charge in [-0.15, -0.1) is 0 Å². The van der Waals surface area contributed by atoms with Crippen LogP contribution < -0.4 is 4.74 Å². The van der Waals surface area contributed by atoms with Gasteiger partial charge in [-0.25, -0.2) is 4.79 Å². The number of nitrogens with zero attached hydrogens (tertiary/aromatic N) is 1. The zero-order valence-corrected chi connectivity index (χ0v) is 12.9. The highest BCUT2D eigenvalue weighted by Gasteiger charge is 2.36. The first-order valence-corrected chi connectivity index (χ1v) is 7.30. The van der Waals surface area contributed by atoms with Crippen molar-refractivity contribution in [2.45, 2.75) is 31.9 Å². The van der Waals surface area contributed by atoms with E-state index in [2.05, 4.69) is 0 Å². The molecule has 1 aliphatic rings. The van der Waals surface area contributed by atoms with Crippen molar-refractivity contribution in [3.8, 4) is 5.75 Å². The number of halogens is 2. The summed E-state index contributed by atoms with van der Waals surface area (Å²) < 4.78 is 5.53. The van der Waals surface area contributed by atoms with Gasteiger partial charge in [0.05, 0.1) is 10.0 Å². The van der Waals surface area contributed by atoms with Gasteiger partial charge in [0.1, 0.15) is 11.8 Å². The summed E-state index contributed by atoms with van der Waals surface area (Å²) in [5.74, 6) is -0.912. The molecule has 0 aliphatic carbocycles. The number of carboxylic acids is 1. The number of ether oxygens (including phenoxy) is 1. The predicted octanol–water partition coefficient (Wildman–Crippen LogP) is 2.84. The maximum atomic E-state index is 12.3. The van der Waals surface area contributed by atoms with Gasteiger partial charge < -0.3 is 14.7 Å². The van der Waals surface area contributed by atoms with Crippen molar-refractivity contribution in [1.82, 2.24) is 4.90 Å². The highest BCUT2D eigenvalue weighted by Crippen LogP contribution is 2.27. The van der Waals surface area contributed by atoms with Crippen LogP contribution in [0.1, 0.15) is 19.8 Å². The molecule has 0 radical (unpaired) electrons. The number of hydrogen-bond acceptors (Lipinski definition) is 3. The van der Waals surface area contributed by atoms with Gasteiger partial charge in [-0.05, 0) is 31.9 Å². The maximum absolute atomic E-state index is 12.3. The molecule has 2 rings (SSSR count). The van der Waals surface area contributed by atoms with E-state index in [1.54, 1.807) is 19.1 Å². The Morgan fingerprint density at radius 3 is 2.71 bits per heavy atom. The molecule has 1 fully saturated rings. The Balaban J connectivity index is 2.05. The molecule has 0 saturated carbocycles. The zero-order chi connectivity index (χ0) is 15.6. The number of rotatable bonds is 4. The molecule has 5 nitrogen and oxygen atoms in total. The summed E-state index contributed by atoms with van der Waals surface area (Å²) >= 11 is 11.7. The minimum absolute atomic E-state index is 0.332. The lowest BCUT2D eigenvalue weighted by Crippen LogP contribution is -2.46. The molecule has 1 N–H and O–H groups in total. The Hall–Kier alpha value is -1.46. The van der Waals surface area contributed by atoms with Crippen LogP contribution in [0.3, 0.4) is 0 Å². The molecule has 21 heavy (non-hydrogen) atoms. The van der Waals surface area contributed by atoms with Crippen molar-refractivity contribution in [3.63, 3.8) is 0 Å². The van der Waals surface area contributed by atoms with Crippen LogP contribution in [0.4, 0.5) is 0 Å². The number of amides is 1. The monoisotopic (exact) mass is 331 g/mol. The van der Waals surface area contributed by atoms with Crippen molar-refractivity contribution in [2.24, 2.45) is 0 Å². The molecular weight excluding hydrogens is 317 g/mol. The lowest BCUT2D eigenvalue weighted by molar-refractivity contribution is -0.150. The van der Waals surface area contributed by atoms with Gasteiger partial charge in [-0.1, -0.05) is 23.2 Å². The van der Waals surface area contributed by atoms with E-state index in [4.69, 9.17) is 33.0 Å². The summed E-state index contributed by atoms with van der Waals surface area (Å²) in [6.07, 6.45) is 0.366. The van der Waals surface area contributed by atoms with Crippen molar-refractivity contribution in [1.29, 1.82) is 0 Å².